The summed E-state index contributed by atoms with van der Waals surface area (Å²) >= 11 is 3.68. The molecule has 0 saturated carbocycles. The number of hydrogen-bond acceptors (Lipinski definition) is 4. The summed E-state index contributed by atoms with van der Waals surface area (Å²) in [5.41, 5.74) is 11.5. The lowest BCUT2D eigenvalue weighted by Crippen LogP contribution is -1.97. The van der Waals surface area contributed by atoms with E-state index >= 15 is 0 Å². The van der Waals surface area contributed by atoms with Gasteiger partial charge in [-0.15, -0.1) is 11.3 Å². The molecular formula is C46H25N3S2. The molecule has 4 aromatic heterocycles. The molecule has 11 aromatic rings. The Morgan fingerprint density at radius 1 is 0.549 bits per heavy atom. The lowest BCUT2D eigenvalue weighted by Gasteiger charge is -2.22. The number of aromatic nitrogens is 3. The van der Waals surface area contributed by atoms with Crippen molar-refractivity contribution in [2.24, 2.45) is 0 Å². The van der Waals surface area contributed by atoms with E-state index in [-0.39, 0.29) is 0 Å². The number of thiophene rings is 1. The van der Waals surface area contributed by atoms with Crippen LogP contribution in [0.2, 0.25) is 0 Å². The number of pyridine rings is 2. The molecule has 7 aromatic carbocycles. The first-order chi connectivity index (χ1) is 25.3. The van der Waals surface area contributed by atoms with Gasteiger partial charge in [-0.2, -0.15) is 0 Å². The van der Waals surface area contributed by atoms with Crippen molar-refractivity contribution in [3.8, 4) is 33.5 Å². The molecular weight excluding hydrogens is 659 g/mol. The van der Waals surface area contributed by atoms with E-state index in [1.165, 1.54) is 79.1 Å². The Balaban J connectivity index is 1.12. The molecule has 5 heteroatoms. The minimum absolute atomic E-state index is 1.01. The number of benzene rings is 7. The van der Waals surface area contributed by atoms with Gasteiger partial charge in [-0.3, -0.25) is 9.38 Å². The van der Waals surface area contributed by atoms with Crippen LogP contribution in [0.25, 0.3) is 103 Å². The Kier molecular flexibility index (Phi) is 5.59. The molecule has 0 radical (unpaired) electrons. The van der Waals surface area contributed by atoms with Crippen LogP contribution in [-0.2, 0) is 0 Å². The van der Waals surface area contributed by atoms with Crippen LogP contribution >= 0.6 is 23.1 Å². The Morgan fingerprint density at radius 3 is 2.24 bits per heavy atom. The largest absolute Gasteiger partial charge is 0.291 e. The fourth-order valence-corrected chi connectivity index (χ4v) is 10.5. The van der Waals surface area contributed by atoms with Crippen molar-refractivity contribution in [2.75, 3.05) is 0 Å². The topological polar surface area (TPSA) is 30.2 Å². The number of imidazole rings is 1. The van der Waals surface area contributed by atoms with Crippen LogP contribution in [-0.4, -0.2) is 14.4 Å². The maximum absolute atomic E-state index is 5.44. The number of rotatable bonds is 2. The molecule has 0 unspecified atom stereocenters. The zero-order valence-corrected chi connectivity index (χ0v) is 28.7. The van der Waals surface area contributed by atoms with E-state index in [1.54, 1.807) is 0 Å². The summed E-state index contributed by atoms with van der Waals surface area (Å²) in [6, 6.07) is 53.3. The van der Waals surface area contributed by atoms with Crippen LogP contribution in [0.3, 0.4) is 0 Å². The summed E-state index contributed by atoms with van der Waals surface area (Å²) in [4.78, 5) is 12.7. The summed E-state index contributed by atoms with van der Waals surface area (Å²) in [6.07, 6.45) is 1.93. The van der Waals surface area contributed by atoms with Crippen LogP contribution in [0.1, 0.15) is 0 Å². The molecule has 0 fully saturated rings. The highest BCUT2D eigenvalue weighted by molar-refractivity contribution is 7.99. The second-order valence-corrected chi connectivity index (χ2v) is 15.5. The average molecular weight is 684 g/mol. The van der Waals surface area contributed by atoms with E-state index < -0.39 is 0 Å². The third kappa shape index (κ3) is 3.90. The van der Waals surface area contributed by atoms with Gasteiger partial charge < -0.3 is 0 Å². The zero-order chi connectivity index (χ0) is 33.2. The minimum Gasteiger partial charge on any atom is -0.291 e. The molecule has 0 N–H and O–H groups in total. The predicted octanol–water partition coefficient (Wildman–Crippen LogP) is 13.2. The molecule has 236 valence electrons. The van der Waals surface area contributed by atoms with Gasteiger partial charge in [0.1, 0.15) is 0 Å². The van der Waals surface area contributed by atoms with Crippen LogP contribution in [0.4, 0.5) is 0 Å². The van der Waals surface area contributed by atoms with Gasteiger partial charge in [0, 0.05) is 47.8 Å². The van der Waals surface area contributed by atoms with Gasteiger partial charge in [-0.1, -0.05) is 115 Å². The lowest BCUT2D eigenvalue weighted by molar-refractivity contribution is 1.25. The molecule has 1 aliphatic rings. The van der Waals surface area contributed by atoms with Crippen LogP contribution in [0.15, 0.2) is 162 Å². The highest BCUT2D eigenvalue weighted by Crippen LogP contribution is 2.51. The van der Waals surface area contributed by atoms with E-state index in [9.17, 15) is 0 Å². The molecule has 1 aliphatic heterocycles. The SMILES string of the molecule is c1ccc2c(c1)Sc1ccnc3ccc(-c4ccc(-c5cc6c7cc8ccccc8cc7sc6c6nc7c8ccccc8ccc7n56)cc4)c-2c13. The molecule has 0 saturated heterocycles. The first-order valence-corrected chi connectivity index (χ1v) is 18.8. The summed E-state index contributed by atoms with van der Waals surface area (Å²) in [5, 5.41) is 8.67. The predicted molar refractivity (Wildman–Crippen MR) is 216 cm³/mol. The van der Waals surface area contributed by atoms with Crippen LogP contribution < -0.4 is 0 Å². The van der Waals surface area contributed by atoms with E-state index in [1.807, 2.05) is 29.3 Å². The van der Waals surface area contributed by atoms with Gasteiger partial charge in [0.05, 0.1) is 26.9 Å². The quantitative estimate of drug-likeness (QED) is 0.182. The Hall–Kier alpha value is -6.01. The first-order valence-electron chi connectivity index (χ1n) is 17.1. The third-order valence-corrected chi connectivity index (χ3v) is 12.9. The van der Waals surface area contributed by atoms with Gasteiger partial charge in [0.15, 0.2) is 5.65 Å². The normalized spacial score (nSPS) is 12.6. The van der Waals surface area contributed by atoms with Crippen molar-refractivity contribution in [2.45, 2.75) is 9.79 Å². The molecule has 0 amide bonds. The molecule has 0 spiro atoms. The molecule has 0 aliphatic carbocycles. The van der Waals surface area contributed by atoms with Crippen molar-refractivity contribution in [3.05, 3.63) is 152 Å². The Bertz CT molecular complexity index is 3280. The van der Waals surface area contributed by atoms with E-state index in [2.05, 4.69) is 150 Å². The minimum atomic E-state index is 1.01. The number of hydrogen-bond donors (Lipinski definition) is 0. The Labute approximate surface area is 300 Å². The second-order valence-electron chi connectivity index (χ2n) is 13.4. The van der Waals surface area contributed by atoms with Gasteiger partial charge in [0.25, 0.3) is 0 Å². The smallest absolute Gasteiger partial charge is 0.156 e. The van der Waals surface area contributed by atoms with E-state index in [0.717, 1.165) is 33.5 Å². The van der Waals surface area contributed by atoms with E-state index in [0.29, 0.717) is 0 Å². The summed E-state index contributed by atoms with van der Waals surface area (Å²) in [5.74, 6) is 0. The molecule has 0 atom stereocenters. The molecule has 5 heterocycles. The molecule has 51 heavy (non-hydrogen) atoms. The highest BCUT2D eigenvalue weighted by atomic mass is 32.2. The monoisotopic (exact) mass is 683 g/mol. The van der Waals surface area contributed by atoms with Crippen molar-refractivity contribution in [1.29, 1.82) is 0 Å². The standard InChI is InChI=1S/C46H25N3S2/c1-2-9-30-24-41-34(23-29(30)8-1)35-25-38(49-37-20-17-26-7-3-4-10-32(26)44(37)48-46(49)45(35)51-41)28-15-13-27(14-16-28)31-18-19-36-43-40(21-22-47-36)50-39-12-6-5-11-33(39)42(31)43/h1-25H. The zero-order valence-electron chi connectivity index (χ0n) is 27.1. The van der Waals surface area contributed by atoms with Gasteiger partial charge in [0.2, 0.25) is 0 Å². The summed E-state index contributed by atoms with van der Waals surface area (Å²) in [7, 11) is 0. The fourth-order valence-electron chi connectivity index (χ4n) is 8.26. The maximum Gasteiger partial charge on any atom is 0.156 e. The maximum atomic E-state index is 5.44. The van der Waals surface area contributed by atoms with Crippen molar-refractivity contribution in [1.82, 2.24) is 14.4 Å². The van der Waals surface area contributed by atoms with Crippen molar-refractivity contribution in [3.63, 3.8) is 0 Å². The van der Waals surface area contributed by atoms with E-state index in [4.69, 9.17) is 9.97 Å². The van der Waals surface area contributed by atoms with Gasteiger partial charge in [-0.05, 0) is 80.9 Å². The third-order valence-electron chi connectivity index (χ3n) is 10.6. The highest BCUT2D eigenvalue weighted by Gasteiger charge is 2.24. The summed E-state index contributed by atoms with van der Waals surface area (Å²) < 4.78 is 4.89. The van der Waals surface area contributed by atoms with Gasteiger partial charge in [-0.25, -0.2) is 4.98 Å². The molecule has 12 rings (SSSR count). The van der Waals surface area contributed by atoms with Crippen molar-refractivity contribution >= 4 is 92.4 Å². The van der Waals surface area contributed by atoms with Gasteiger partial charge >= 0.3 is 0 Å². The lowest BCUT2D eigenvalue weighted by atomic mass is 9.90. The van der Waals surface area contributed by atoms with Crippen LogP contribution in [0, 0.1) is 0 Å². The fraction of sp³-hybridized carbons (Fsp3) is 0. The molecule has 3 nitrogen and oxygen atoms in total. The molecule has 0 bridgehead atoms. The van der Waals surface area contributed by atoms with Crippen molar-refractivity contribution < 1.29 is 0 Å². The number of nitrogens with zero attached hydrogens (tertiary/aromatic N) is 3. The second kappa shape index (κ2) is 10.3. The Morgan fingerprint density at radius 2 is 1.33 bits per heavy atom. The number of fused-ring (bicyclic) bond motifs is 12. The van der Waals surface area contributed by atoms with Crippen LogP contribution in [0.5, 0.6) is 0 Å². The first kappa shape index (κ1) is 27.8. The average Bonchev–Trinajstić information content (AvgIpc) is 3.76. The summed E-state index contributed by atoms with van der Waals surface area (Å²) in [6.45, 7) is 0.